The summed E-state index contributed by atoms with van der Waals surface area (Å²) in [4.78, 5) is 15.1. The van der Waals surface area contributed by atoms with Gasteiger partial charge in [-0.05, 0) is 36.8 Å². The molecular formula is C15H20ClN3O. The van der Waals surface area contributed by atoms with E-state index in [1.54, 1.807) is 0 Å². The molecule has 1 heterocycles. The maximum Gasteiger partial charge on any atom is 0.237 e. The Morgan fingerprint density at radius 1 is 1.40 bits per heavy atom. The fourth-order valence-corrected chi connectivity index (χ4v) is 2.33. The summed E-state index contributed by atoms with van der Waals surface area (Å²) < 4.78 is 0. The number of nitrogens with two attached hydrogens (primary N) is 1. The van der Waals surface area contributed by atoms with E-state index in [1.165, 1.54) is 12.8 Å². The molecule has 1 aliphatic rings. The van der Waals surface area contributed by atoms with E-state index in [0.29, 0.717) is 12.3 Å². The smallest absolute Gasteiger partial charge is 0.237 e. The van der Waals surface area contributed by atoms with Gasteiger partial charge in [-0.15, -0.1) is 12.4 Å². The fourth-order valence-electron chi connectivity index (χ4n) is 2.33. The van der Waals surface area contributed by atoms with Crippen molar-refractivity contribution in [3.05, 3.63) is 36.0 Å². The van der Waals surface area contributed by atoms with Gasteiger partial charge in [-0.25, -0.2) is 0 Å². The van der Waals surface area contributed by atoms with Crippen LogP contribution in [0.2, 0.25) is 0 Å². The first kappa shape index (κ1) is 14.9. The molecule has 4 N–H and O–H groups in total. The molecule has 0 saturated heterocycles. The first-order chi connectivity index (χ1) is 9.24. The number of rotatable bonds is 5. The number of carbonyl (C=O) groups is 1. The van der Waals surface area contributed by atoms with Crippen LogP contribution in [0.4, 0.5) is 0 Å². The molecule has 0 spiro atoms. The van der Waals surface area contributed by atoms with E-state index in [0.717, 1.165) is 23.0 Å². The summed E-state index contributed by atoms with van der Waals surface area (Å²) in [5, 5.41) is 4.08. The average molecular weight is 294 g/mol. The van der Waals surface area contributed by atoms with Crippen LogP contribution in [0.5, 0.6) is 0 Å². The summed E-state index contributed by atoms with van der Waals surface area (Å²) >= 11 is 0. The first-order valence-electron chi connectivity index (χ1n) is 6.82. The van der Waals surface area contributed by atoms with Crippen molar-refractivity contribution in [3.63, 3.8) is 0 Å². The Bertz CT molecular complexity index is 592. The largest absolute Gasteiger partial charge is 0.361 e. The number of carbonyl (C=O) groups excluding carboxylic acids is 1. The van der Waals surface area contributed by atoms with Gasteiger partial charge in [0.1, 0.15) is 0 Å². The first-order valence-corrected chi connectivity index (χ1v) is 6.82. The molecule has 1 atom stereocenters. The van der Waals surface area contributed by atoms with Crippen LogP contribution in [0, 0.1) is 5.92 Å². The van der Waals surface area contributed by atoms with Crippen LogP contribution < -0.4 is 11.1 Å². The van der Waals surface area contributed by atoms with Gasteiger partial charge in [0.05, 0.1) is 6.04 Å². The monoisotopic (exact) mass is 293 g/mol. The summed E-state index contributed by atoms with van der Waals surface area (Å²) in [6, 6.07) is 7.59. The molecule has 0 aliphatic heterocycles. The Labute approximate surface area is 124 Å². The lowest BCUT2D eigenvalue weighted by Crippen LogP contribution is -2.42. The van der Waals surface area contributed by atoms with Crippen LogP contribution in [0.3, 0.4) is 0 Å². The molecule has 1 amide bonds. The van der Waals surface area contributed by atoms with Crippen molar-refractivity contribution in [2.45, 2.75) is 25.3 Å². The Morgan fingerprint density at radius 3 is 2.90 bits per heavy atom. The van der Waals surface area contributed by atoms with Gasteiger partial charge >= 0.3 is 0 Å². The van der Waals surface area contributed by atoms with Crippen molar-refractivity contribution < 1.29 is 4.79 Å². The molecule has 3 rings (SSSR count). The molecule has 4 nitrogen and oxygen atoms in total. The highest BCUT2D eigenvalue weighted by atomic mass is 35.5. The van der Waals surface area contributed by atoms with Gasteiger partial charge in [-0.2, -0.15) is 0 Å². The number of nitrogens with one attached hydrogen (secondary N) is 2. The highest BCUT2D eigenvalue weighted by Crippen LogP contribution is 2.27. The van der Waals surface area contributed by atoms with Crippen molar-refractivity contribution >= 4 is 29.2 Å². The summed E-state index contributed by atoms with van der Waals surface area (Å²) in [5.41, 5.74) is 8.17. The van der Waals surface area contributed by atoms with E-state index in [1.807, 2.05) is 24.4 Å². The predicted octanol–water partition coefficient (Wildman–Crippen LogP) is 1.99. The van der Waals surface area contributed by atoms with E-state index < -0.39 is 6.04 Å². The van der Waals surface area contributed by atoms with Gasteiger partial charge in [0.2, 0.25) is 5.91 Å². The third kappa shape index (κ3) is 3.32. The number of halogens is 1. The Balaban J connectivity index is 0.00000147. The summed E-state index contributed by atoms with van der Waals surface area (Å²) in [6.07, 6.45) is 4.98. The van der Waals surface area contributed by atoms with Gasteiger partial charge in [-0.3, -0.25) is 4.79 Å². The zero-order chi connectivity index (χ0) is 13.2. The van der Waals surface area contributed by atoms with Crippen LogP contribution in [-0.4, -0.2) is 23.5 Å². The Morgan fingerprint density at radius 2 is 2.15 bits per heavy atom. The zero-order valence-electron chi connectivity index (χ0n) is 11.3. The maximum atomic E-state index is 11.9. The van der Waals surface area contributed by atoms with Crippen LogP contribution in [-0.2, 0) is 11.2 Å². The molecule has 1 aromatic carbocycles. The number of H-pyrrole nitrogens is 1. The van der Waals surface area contributed by atoms with Crippen LogP contribution in [0.15, 0.2) is 30.5 Å². The number of aromatic nitrogens is 1. The van der Waals surface area contributed by atoms with E-state index in [4.69, 9.17) is 5.73 Å². The molecule has 1 fully saturated rings. The molecule has 0 radical (unpaired) electrons. The average Bonchev–Trinajstić information content (AvgIpc) is 3.18. The van der Waals surface area contributed by atoms with Gasteiger partial charge in [0, 0.05) is 23.6 Å². The van der Waals surface area contributed by atoms with Crippen LogP contribution in [0.25, 0.3) is 10.9 Å². The summed E-state index contributed by atoms with van der Waals surface area (Å²) in [7, 11) is 0. The highest BCUT2D eigenvalue weighted by Gasteiger charge is 2.23. The van der Waals surface area contributed by atoms with Crippen molar-refractivity contribution in [2.75, 3.05) is 6.54 Å². The molecule has 20 heavy (non-hydrogen) atoms. The second kappa shape index (κ2) is 6.29. The highest BCUT2D eigenvalue weighted by molar-refractivity contribution is 5.86. The van der Waals surface area contributed by atoms with Gasteiger partial charge in [-0.1, -0.05) is 18.2 Å². The number of hydrogen-bond acceptors (Lipinski definition) is 2. The number of aromatic amines is 1. The molecular weight excluding hydrogens is 274 g/mol. The van der Waals surface area contributed by atoms with E-state index in [9.17, 15) is 4.79 Å². The molecule has 5 heteroatoms. The quantitative estimate of drug-likeness (QED) is 0.789. The van der Waals surface area contributed by atoms with E-state index >= 15 is 0 Å². The van der Waals surface area contributed by atoms with Crippen molar-refractivity contribution in [3.8, 4) is 0 Å². The number of amides is 1. The van der Waals surface area contributed by atoms with Gasteiger partial charge < -0.3 is 16.0 Å². The molecule has 1 aromatic heterocycles. The standard InChI is InChI=1S/C15H19N3O.ClH/c16-13(15(19)18-8-10-5-6-10)7-11-9-17-14-4-2-1-3-12(11)14;/h1-4,9-10,13,17H,5-8,16H2,(H,18,19);1H/t13-;/m0./s1. The van der Waals surface area contributed by atoms with Gasteiger partial charge in [0.15, 0.2) is 0 Å². The lowest BCUT2D eigenvalue weighted by atomic mass is 10.1. The molecule has 108 valence electrons. The Hall–Kier alpha value is -1.52. The Kier molecular flexibility index (Phi) is 4.68. The number of para-hydroxylation sites is 1. The minimum atomic E-state index is -0.474. The van der Waals surface area contributed by atoms with Crippen LogP contribution >= 0.6 is 12.4 Å². The second-order valence-electron chi connectivity index (χ2n) is 5.36. The minimum Gasteiger partial charge on any atom is -0.361 e. The number of hydrogen-bond donors (Lipinski definition) is 3. The van der Waals surface area contributed by atoms with Gasteiger partial charge in [0.25, 0.3) is 0 Å². The fraction of sp³-hybridized carbons (Fsp3) is 0.400. The minimum absolute atomic E-state index is 0. The summed E-state index contributed by atoms with van der Waals surface area (Å²) in [5.74, 6) is 0.640. The summed E-state index contributed by atoms with van der Waals surface area (Å²) in [6.45, 7) is 0.778. The lowest BCUT2D eigenvalue weighted by Gasteiger charge is -2.11. The van der Waals surface area contributed by atoms with Crippen molar-refractivity contribution in [2.24, 2.45) is 11.7 Å². The predicted molar refractivity (Wildman–Crippen MR) is 83.0 cm³/mol. The van der Waals surface area contributed by atoms with Crippen molar-refractivity contribution in [1.82, 2.24) is 10.3 Å². The van der Waals surface area contributed by atoms with E-state index in [2.05, 4.69) is 16.4 Å². The molecule has 1 saturated carbocycles. The van der Waals surface area contributed by atoms with Crippen molar-refractivity contribution in [1.29, 1.82) is 0 Å². The third-order valence-corrected chi connectivity index (χ3v) is 3.71. The van der Waals surface area contributed by atoms with E-state index in [-0.39, 0.29) is 18.3 Å². The molecule has 0 bridgehead atoms. The lowest BCUT2D eigenvalue weighted by molar-refractivity contribution is -0.122. The third-order valence-electron chi connectivity index (χ3n) is 3.71. The maximum absolute atomic E-state index is 11.9. The number of benzene rings is 1. The molecule has 0 unspecified atom stereocenters. The molecule has 2 aromatic rings. The number of fused-ring (bicyclic) bond motifs is 1. The van der Waals surface area contributed by atoms with Crippen LogP contribution in [0.1, 0.15) is 18.4 Å². The zero-order valence-corrected chi connectivity index (χ0v) is 12.1. The topological polar surface area (TPSA) is 70.9 Å². The molecule has 1 aliphatic carbocycles. The SMILES string of the molecule is Cl.N[C@@H](Cc1c[nH]c2ccccc12)C(=O)NCC1CC1. The second-order valence-corrected chi connectivity index (χ2v) is 5.36. The normalized spacial score (nSPS) is 15.7.